The zero-order valence-electron chi connectivity index (χ0n) is 16.9. The maximum Gasteiger partial charge on any atom is 0.234 e. The molecule has 0 radical (unpaired) electrons. The van der Waals surface area contributed by atoms with Crippen LogP contribution in [0.4, 0.5) is 0 Å². The Kier molecular flexibility index (Phi) is 6.94. The summed E-state index contributed by atoms with van der Waals surface area (Å²) in [5.74, 6) is 0.985. The molecule has 0 aliphatic carbocycles. The summed E-state index contributed by atoms with van der Waals surface area (Å²) in [7, 11) is 3.00. The topological polar surface area (TPSA) is 84.2 Å². The Balaban J connectivity index is 1.66. The molecule has 1 N–H and O–H groups in total. The van der Waals surface area contributed by atoms with E-state index in [-0.39, 0.29) is 11.7 Å². The normalized spacial score (nSPS) is 10.7. The first-order valence-corrected chi connectivity index (χ1v) is 10.2. The van der Waals surface area contributed by atoms with Gasteiger partial charge in [-0.05, 0) is 42.8 Å². The van der Waals surface area contributed by atoms with Crippen molar-refractivity contribution in [3.05, 3.63) is 65.5 Å². The number of aromatic nitrogens is 1. The summed E-state index contributed by atoms with van der Waals surface area (Å²) in [6.45, 7) is 1.94. The molecule has 0 atom stereocenters. The Hall–Kier alpha value is -3.50. The highest BCUT2D eigenvalue weighted by molar-refractivity contribution is 8.00. The number of fused-ring (bicyclic) bond motifs is 1. The number of hydrogen-bond acceptors (Lipinski definition) is 6. The van der Waals surface area contributed by atoms with Crippen LogP contribution in [-0.2, 0) is 4.79 Å². The largest absolute Gasteiger partial charge is 0.493 e. The Morgan fingerprint density at radius 1 is 1.23 bits per heavy atom. The molecule has 3 rings (SSSR count). The summed E-state index contributed by atoms with van der Waals surface area (Å²) in [6.07, 6.45) is 3.26. The van der Waals surface area contributed by atoms with E-state index in [4.69, 9.17) is 9.47 Å². The van der Waals surface area contributed by atoms with Crippen LogP contribution in [0, 0.1) is 18.3 Å². The fourth-order valence-corrected chi connectivity index (χ4v) is 3.92. The SMILES string of the molecule is COc1cc(C=CNC(=O)CSc2cc(C)nc3ccccc23)cc(C#N)c1OC. The van der Waals surface area contributed by atoms with Crippen molar-refractivity contribution in [3.63, 3.8) is 0 Å². The first-order chi connectivity index (χ1) is 14.5. The van der Waals surface area contributed by atoms with Gasteiger partial charge >= 0.3 is 0 Å². The van der Waals surface area contributed by atoms with Crippen LogP contribution in [0.5, 0.6) is 11.5 Å². The van der Waals surface area contributed by atoms with Gasteiger partial charge in [-0.2, -0.15) is 5.26 Å². The maximum absolute atomic E-state index is 12.3. The minimum absolute atomic E-state index is 0.129. The standard InChI is InChI=1S/C23H21N3O3S/c1-15-10-21(18-6-4-5-7-19(18)26-15)30-14-22(27)25-9-8-16-11-17(13-24)23(29-3)20(12-16)28-2/h4-12H,14H2,1-3H3,(H,25,27). The Morgan fingerprint density at radius 2 is 2.03 bits per heavy atom. The summed E-state index contributed by atoms with van der Waals surface area (Å²) >= 11 is 1.47. The molecule has 152 valence electrons. The lowest BCUT2D eigenvalue weighted by molar-refractivity contribution is -0.117. The van der Waals surface area contributed by atoms with Gasteiger partial charge in [0.15, 0.2) is 11.5 Å². The number of ether oxygens (including phenoxy) is 2. The molecule has 0 aliphatic heterocycles. The van der Waals surface area contributed by atoms with E-state index in [1.54, 1.807) is 24.4 Å². The van der Waals surface area contributed by atoms with Gasteiger partial charge in [-0.25, -0.2) is 0 Å². The molecule has 30 heavy (non-hydrogen) atoms. The number of rotatable bonds is 7. The molecule has 7 heteroatoms. The average Bonchev–Trinajstić information content (AvgIpc) is 2.76. The lowest BCUT2D eigenvalue weighted by atomic mass is 10.1. The van der Waals surface area contributed by atoms with Crippen molar-refractivity contribution < 1.29 is 14.3 Å². The second-order valence-electron chi connectivity index (χ2n) is 6.38. The third kappa shape index (κ3) is 4.91. The molecular weight excluding hydrogens is 398 g/mol. The van der Waals surface area contributed by atoms with E-state index in [2.05, 4.69) is 16.4 Å². The predicted molar refractivity (Wildman–Crippen MR) is 119 cm³/mol. The minimum Gasteiger partial charge on any atom is -0.493 e. The lowest BCUT2D eigenvalue weighted by Crippen LogP contribution is -2.18. The van der Waals surface area contributed by atoms with Gasteiger partial charge in [0.2, 0.25) is 5.91 Å². The Bertz CT molecular complexity index is 1150. The number of pyridine rings is 1. The van der Waals surface area contributed by atoms with E-state index in [0.717, 1.165) is 21.5 Å². The van der Waals surface area contributed by atoms with Crippen molar-refractivity contribution in [1.29, 1.82) is 5.26 Å². The van der Waals surface area contributed by atoms with Gasteiger partial charge in [-0.15, -0.1) is 11.8 Å². The van der Waals surface area contributed by atoms with Crippen molar-refractivity contribution >= 4 is 34.6 Å². The second-order valence-corrected chi connectivity index (χ2v) is 7.40. The number of para-hydroxylation sites is 1. The van der Waals surface area contributed by atoms with Crippen molar-refractivity contribution in [2.75, 3.05) is 20.0 Å². The molecule has 0 spiro atoms. The number of hydrogen-bond donors (Lipinski definition) is 1. The highest BCUT2D eigenvalue weighted by atomic mass is 32.2. The second kappa shape index (κ2) is 9.81. The monoisotopic (exact) mass is 419 g/mol. The van der Waals surface area contributed by atoms with Crippen molar-refractivity contribution in [3.8, 4) is 17.6 Å². The van der Waals surface area contributed by atoms with E-state index in [9.17, 15) is 10.1 Å². The predicted octanol–water partition coefficient (Wildman–Crippen LogP) is 4.31. The van der Waals surface area contributed by atoms with Crippen molar-refractivity contribution in [2.45, 2.75) is 11.8 Å². The van der Waals surface area contributed by atoms with Gasteiger partial charge < -0.3 is 14.8 Å². The number of carbonyl (C=O) groups is 1. The van der Waals surface area contributed by atoms with Crippen LogP contribution >= 0.6 is 11.8 Å². The van der Waals surface area contributed by atoms with E-state index in [1.807, 2.05) is 37.3 Å². The summed E-state index contributed by atoms with van der Waals surface area (Å²) < 4.78 is 10.5. The molecule has 3 aromatic rings. The smallest absolute Gasteiger partial charge is 0.234 e. The van der Waals surface area contributed by atoms with Crippen LogP contribution in [0.1, 0.15) is 16.8 Å². The van der Waals surface area contributed by atoms with E-state index in [1.165, 1.54) is 26.0 Å². The Labute approximate surface area is 179 Å². The zero-order chi connectivity index (χ0) is 21.5. The summed E-state index contributed by atoms with van der Waals surface area (Å²) in [5.41, 5.74) is 2.91. The highest BCUT2D eigenvalue weighted by Gasteiger charge is 2.11. The molecule has 0 fully saturated rings. The molecule has 0 bridgehead atoms. The number of nitrogens with one attached hydrogen (secondary N) is 1. The van der Waals surface area contributed by atoms with E-state index < -0.39 is 0 Å². The number of benzene rings is 2. The number of carbonyl (C=O) groups excluding carboxylic acids is 1. The third-order valence-electron chi connectivity index (χ3n) is 4.31. The van der Waals surface area contributed by atoms with Gasteiger partial charge in [0, 0.05) is 22.2 Å². The highest BCUT2D eigenvalue weighted by Crippen LogP contribution is 2.32. The van der Waals surface area contributed by atoms with E-state index >= 15 is 0 Å². The van der Waals surface area contributed by atoms with Crippen molar-refractivity contribution in [2.24, 2.45) is 0 Å². The van der Waals surface area contributed by atoms with Crippen LogP contribution in [-0.4, -0.2) is 30.9 Å². The molecule has 0 saturated carbocycles. The maximum atomic E-state index is 12.3. The van der Waals surface area contributed by atoms with Crippen LogP contribution < -0.4 is 14.8 Å². The van der Waals surface area contributed by atoms with Gasteiger partial charge in [-0.3, -0.25) is 9.78 Å². The molecule has 0 aliphatic rings. The third-order valence-corrected chi connectivity index (χ3v) is 5.36. The molecule has 1 aromatic heterocycles. The fraction of sp³-hybridized carbons (Fsp3) is 0.174. The molecule has 6 nitrogen and oxygen atoms in total. The fourth-order valence-electron chi connectivity index (χ4n) is 2.97. The number of methoxy groups -OCH3 is 2. The molecule has 1 amide bonds. The lowest BCUT2D eigenvalue weighted by Gasteiger charge is -2.10. The molecular formula is C23H21N3O3S. The Morgan fingerprint density at radius 3 is 2.77 bits per heavy atom. The zero-order valence-corrected chi connectivity index (χ0v) is 17.7. The number of aryl methyl sites for hydroxylation is 1. The van der Waals surface area contributed by atoms with Crippen LogP contribution in [0.2, 0.25) is 0 Å². The molecule has 1 heterocycles. The minimum atomic E-state index is -0.129. The van der Waals surface area contributed by atoms with Crippen LogP contribution in [0.15, 0.2) is 53.6 Å². The van der Waals surface area contributed by atoms with Crippen molar-refractivity contribution in [1.82, 2.24) is 10.3 Å². The first kappa shape index (κ1) is 21.2. The van der Waals surface area contributed by atoms with E-state index in [0.29, 0.717) is 22.6 Å². The molecule has 0 unspecified atom stereocenters. The summed E-state index contributed by atoms with van der Waals surface area (Å²) in [4.78, 5) is 17.8. The van der Waals surface area contributed by atoms with Crippen LogP contribution in [0.3, 0.4) is 0 Å². The first-order valence-electron chi connectivity index (χ1n) is 9.17. The summed E-state index contributed by atoms with van der Waals surface area (Å²) in [5, 5.41) is 13.1. The average molecular weight is 420 g/mol. The van der Waals surface area contributed by atoms with Gasteiger partial charge in [0.05, 0.1) is 31.1 Å². The number of thioether (sulfide) groups is 1. The van der Waals surface area contributed by atoms with Crippen LogP contribution in [0.25, 0.3) is 17.0 Å². The summed E-state index contributed by atoms with van der Waals surface area (Å²) in [6, 6.07) is 15.4. The van der Waals surface area contributed by atoms with Gasteiger partial charge in [0.1, 0.15) is 6.07 Å². The number of amides is 1. The van der Waals surface area contributed by atoms with Gasteiger partial charge in [-0.1, -0.05) is 18.2 Å². The number of nitriles is 1. The number of nitrogens with zero attached hydrogens (tertiary/aromatic N) is 2. The quantitative estimate of drug-likeness (QED) is 0.575. The molecule has 0 saturated heterocycles. The van der Waals surface area contributed by atoms with Gasteiger partial charge in [0.25, 0.3) is 0 Å². The molecule has 2 aromatic carbocycles.